The van der Waals surface area contributed by atoms with Gasteiger partial charge in [0.05, 0.1) is 13.2 Å². The van der Waals surface area contributed by atoms with Gasteiger partial charge in [0.2, 0.25) is 0 Å². The molecule has 0 aliphatic heterocycles. The number of rotatable bonds is 5. The molecule has 0 fully saturated rings. The molecule has 100 valence electrons. The molecule has 0 aromatic heterocycles. The first-order valence-corrected chi connectivity index (χ1v) is 5.73. The first-order valence-electron chi connectivity index (χ1n) is 5.73. The second-order valence-electron chi connectivity index (χ2n) is 3.69. The van der Waals surface area contributed by atoms with Crippen molar-refractivity contribution in [1.82, 2.24) is 10.6 Å². The van der Waals surface area contributed by atoms with Gasteiger partial charge in [-0.05, 0) is 24.1 Å². The number of carbonyl (C=O) groups is 2. The monoisotopic (exact) mass is 261 g/mol. The maximum atomic E-state index is 11.3. The van der Waals surface area contributed by atoms with E-state index in [2.05, 4.69) is 10.6 Å². The van der Waals surface area contributed by atoms with Crippen molar-refractivity contribution in [2.24, 2.45) is 0 Å². The molecule has 0 saturated carbocycles. The van der Waals surface area contributed by atoms with Crippen molar-refractivity contribution >= 4 is 11.8 Å². The fraction of sp³-hybridized carbons (Fsp3) is 0.308. The van der Waals surface area contributed by atoms with Gasteiger partial charge in [-0.2, -0.15) is 5.26 Å². The Labute approximate surface area is 111 Å². The van der Waals surface area contributed by atoms with Gasteiger partial charge in [0.1, 0.15) is 12.3 Å². The number of nitrogens with zero attached hydrogens (tertiary/aromatic N) is 1. The molecular formula is C13H15N3O3. The third-order valence-electron chi connectivity index (χ3n) is 2.39. The van der Waals surface area contributed by atoms with Crippen LogP contribution in [0.3, 0.4) is 0 Å². The molecule has 1 aromatic rings. The number of hydrogen-bond acceptors (Lipinski definition) is 4. The van der Waals surface area contributed by atoms with Crippen molar-refractivity contribution in [1.29, 1.82) is 5.26 Å². The second kappa shape index (κ2) is 7.71. The third-order valence-corrected chi connectivity index (χ3v) is 2.39. The van der Waals surface area contributed by atoms with E-state index in [1.807, 2.05) is 24.3 Å². The van der Waals surface area contributed by atoms with Crippen LogP contribution in [0.15, 0.2) is 24.3 Å². The minimum atomic E-state index is -0.795. The number of nitrogens with one attached hydrogen (secondary N) is 2. The Morgan fingerprint density at radius 3 is 2.42 bits per heavy atom. The topological polar surface area (TPSA) is 91.2 Å². The Hall–Kier alpha value is -2.55. The van der Waals surface area contributed by atoms with Crippen LogP contribution >= 0.6 is 0 Å². The summed E-state index contributed by atoms with van der Waals surface area (Å²) in [4.78, 5) is 22.4. The van der Waals surface area contributed by atoms with Crippen LogP contribution in [0.25, 0.3) is 0 Å². The van der Waals surface area contributed by atoms with Gasteiger partial charge in [0.15, 0.2) is 0 Å². The van der Waals surface area contributed by atoms with Gasteiger partial charge in [0, 0.05) is 6.54 Å². The Bertz CT molecular complexity index is 477. The minimum absolute atomic E-state index is 0.176. The number of carbonyl (C=O) groups excluding carboxylic acids is 2. The predicted molar refractivity (Wildman–Crippen MR) is 68.3 cm³/mol. The zero-order valence-corrected chi connectivity index (χ0v) is 10.6. The Balaban J connectivity index is 2.31. The van der Waals surface area contributed by atoms with E-state index in [0.717, 1.165) is 11.3 Å². The largest absolute Gasteiger partial charge is 0.497 e. The van der Waals surface area contributed by atoms with Crippen LogP contribution in [0.2, 0.25) is 0 Å². The third kappa shape index (κ3) is 5.08. The van der Waals surface area contributed by atoms with Crippen molar-refractivity contribution in [2.45, 2.75) is 6.42 Å². The number of benzene rings is 1. The van der Waals surface area contributed by atoms with Crippen LogP contribution in [0.1, 0.15) is 5.56 Å². The average molecular weight is 261 g/mol. The van der Waals surface area contributed by atoms with Gasteiger partial charge in [0.25, 0.3) is 0 Å². The molecule has 6 nitrogen and oxygen atoms in total. The molecule has 0 saturated heterocycles. The predicted octanol–water partition coefficient (Wildman–Crippen LogP) is -0.00632. The molecule has 1 aromatic carbocycles. The summed E-state index contributed by atoms with van der Waals surface area (Å²) in [6.45, 7) is 0.176. The maximum absolute atomic E-state index is 11.3. The van der Waals surface area contributed by atoms with Gasteiger partial charge in [-0.1, -0.05) is 12.1 Å². The van der Waals surface area contributed by atoms with Crippen LogP contribution in [0, 0.1) is 11.3 Å². The van der Waals surface area contributed by atoms with Gasteiger partial charge >= 0.3 is 11.8 Å². The molecule has 19 heavy (non-hydrogen) atoms. The Kier molecular flexibility index (Phi) is 5.89. The summed E-state index contributed by atoms with van der Waals surface area (Å²) in [6, 6.07) is 9.16. The summed E-state index contributed by atoms with van der Waals surface area (Å²) in [5.41, 5.74) is 1.03. The van der Waals surface area contributed by atoms with Crippen molar-refractivity contribution < 1.29 is 14.3 Å². The summed E-state index contributed by atoms with van der Waals surface area (Å²) < 4.78 is 5.03. The molecule has 6 heteroatoms. The smallest absolute Gasteiger partial charge is 0.310 e. The first kappa shape index (κ1) is 14.5. The molecule has 0 atom stereocenters. The standard InChI is InChI=1S/C13H15N3O3/c1-19-11-4-2-10(3-5-11)6-8-15-12(17)13(18)16-9-7-14/h2-5H,6,8-9H2,1H3,(H,15,17)(H,16,18). The van der Waals surface area contributed by atoms with Crippen LogP contribution < -0.4 is 15.4 Å². The quantitative estimate of drug-likeness (QED) is 0.576. The van der Waals surface area contributed by atoms with Crippen LogP contribution in [-0.4, -0.2) is 32.0 Å². The summed E-state index contributed by atoms with van der Waals surface area (Å²) in [7, 11) is 1.59. The number of ether oxygens (including phenoxy) is 1. The zero-order chi connectivity index (χ0) is 14.1. The molecule has 0 radical (unpaired) electrons. The molecule has 0 heterocycles. The van der Waals surface area contributed by atoms with Gasteiger partial charge in [-0.25, -0.2) is 0 Å². The molecule has 2 N–H and O–H groups in total. The molecular weight excluding hydrogens is 246 g/mol. The van der Waals surface area contributed by atoms with Crippen molar-refractivity contribution in [3.05, 3.63) is 29.8 Å². The fourth-order valence-corrected chi connectivity index (χ4v) is 1.39. The van der Waals surface area contributed by atoms with E-state index in [1.54, 1.807) is 13.2 Å². The Morgan fingerprint density at radius 1 is 1.21 bits per heavy atom. The van der Waals surface area contributed by atoms with Crippen molar-refractivity contribution in [3.63, 3.8) is 0 Å². The van der Waals surface area contributed by atoms with E-state index < -0.39 is 11.8 Å². The van der Waals surface area contributed by atoms with E-state index >= 15 is 0 Å². The van der Waals surface area contributed by atoms with Crippen LogP contribution in [0.5, 0.6) is 5.75 Å². The second-order valence-corrected chi connectivity index (χ2v) is 3.69. The lowest BCUT2D eigenvalue weighted by Crippen LogP contribution is -2.40. The SMILES string of the molecule is COc1ccc(CCNC(=O)C(=O)NCC#N)cc1. The van der Waals surface area contributed by atoms with Gasteiger partial charge in [-0.3, -0.25) is 9.59 Å². The highest BCUT2D eigenvalue weighted by Crippen LogP contribution is 2.11. The first-order chi connectivity index (χ1) is 9.17. The highest BCUT2D eigenvalue weighted by molar-refractivity contribution is 6.35. The lowest BCUT2D eigenvalue weighted by Gasteiger charge is -2.05. The lowest BCUT2D eigenvalue weighted by atomic mass is 10.1. The summed E-state index contributed by atoms with van der Waals surface area (Å²) >= 11 is 0. The molecule has 0 spiro atoms. The highest BCUT2D eigenvalue weighted by Gasteiger charge is 2.11. The van der Waals surface area contributed by atoms with E-state index in [4.69, 9.17) is 10.00 Å². The summed E-state index contributed by atoms with van der Waals surface area (Å²) in [6.07, 6.45) is 0.612. The highest BCUT2D eigenvalue weighted by atomic mass is 16.5. The number of methoxy groups -OCH3 is 1. The van der Waals surface area contributed by atoms with Crippen molar-refractivity contribution in [2.75, 3.05) is 20.2 Å². The molecule has 0 aliphatic carbocycles. The number of nitriles is 1. The molecule has 0 bridgehead atoms. The summed E-state index contributed by atoms with van der Waals surface area (Å²) in [5, 5.41) is 12.9. The van der Waals surface area contributed by atoms with Gasteiger partial charge < -0.3 is 15.4 Å². The molecule has 2 amide bonds. The fourth-order valence-electron chi connectivity index (χ4n) is 1.39. The van der Waals surface area contributed by atoms with E-state index in [0.29, 0.717) is 13.0 Å². The number of hydrogen-bond donors (Lipinski definition) is 2. The lowest BCUT2D eigenvalue weighted by molar-refractivity contribution is -0.139. The van der Waals surface area contributed by atoms with Gasteiger partial charge in [-0.15, -0.1) is 0 Å². The molecule has 0 aliphatic rings. The maximum Gasteiger partial charge on any atom is 0.310 e. The summed E-state index contributed by atoms with van der Waals surface area (Å²) in [5.74, 6) is -0.760. The molecule has 0 unspecified atom stereocenters. The zero-order valence-electron chi connectivity index (χ0n) is 10.6. The average Bonchev–Trinajstić information content (AvgIpc) is 2.45. The molecule has 1 rings (SSSR count). The van der Waals surface area contributed by atoms with Crippen molar-refractivity contribution in [3.8, 4) is 11.8 Å². The van der Waals surface area contributed by atoms with E-state index in [9.17, 15) is 9.59 Å². The van der Waals surface area contributed by atoms with E-state index in [1.165, 1.54) is 0 Å². The minimum Gasteiger partial charge on any atom is -0.497 e. The van der Waals surface area contributed by atoms with E-state index in [-0.39, 0.29) is 6.54 Å². The Morgan fingerprint density at radius 2 is 1.84 bits per heavy atom. The van der Waals surface area contributed by atoms with Crippen LogP contribution in [-0.2, 0) is 16.0 Å². The van der Waals surface area contributed by atoms with Crippen LogP contribution in [0.4, 0.5) is 0 Å². The normalized spacial score (nSPS) is 9.26. The number of amides is 2.